The predicted octanol–water partition coefficient (Wildman–Crippen LogP) is 3.95. The third kappa shape index (κ3) is 22.0. The number of aromatic nitrogens is 2. The second kappa shape index (κ2) is 24.0. The number of alkyl halides is 3. The molecule has 0 fully saturated rings. The van der Waals surface area contributed by atoms with Gasteiger partial charge in [0.25, 0.3) is 0 Å². The Morgan fingerprint density at radius 1 is 0.763 bits per heavy atom. The summed E-state index contributed by atoms with van der Waals surface area (Å²) in [6, 6.07) is 0. The van der Waals surface area contributed by atoms with Crippen LogP contribution in [0.5, 0.6) is 0 Å². The maximum absolute atomic E-state index is 10.7. The highest BCUT2D eigenvalue weighted by atomic mass is 35.5. The molecule has 0 aromatic carbocycles. The fourth-order valence-corrected chi connectivity index (χ4v) is 4.00. The largest absolute Gasteiger partial charge is 1.00 e. The van der Waals surface area contributed by atoms with Crippen LogP contribution in [0.2, 0.25) is 0 Å². The van der Waals surface area contributed by atoms with E-state index in [4.69, 9.17) is 13.0 Å². The molecule has 1 heterocycles. The number of nitrogens with zero attached hydrogens (tertiary/aromatic N) is 3. The van der Waals surface area contributed by atoms with E-state index >= 15 is 0 Å². The molecular weight excluding hydrogens is 539 g/mol. The van der Waals surface area contributed by atoms with E-state index in [1.165, 1.54) is 114 Å². The highest BCUT2D eigenvalue weighted by molar-refractivity contribution is 7.86. The van der Waals surface area contributed by atoms with Crippen molar-refractivity contribution in [1.82, 2.24) is 4.57 Å². The van der Waals surface area contributed by atoms with Gasteiger partial charge in [0.15, 0.2) is 10.1 Å². The lowest BCUT2D eigenvalue weighted by Gasteiger charge is -2.39. The van der Waals surface area contributed by atoms with Crippen molar-refractivity contribution in [2.24, 2.45) is 7.05 Å². The summed E-state index contributed by atoms with van der Waals surface area (Å²) in [6.45, 7) is 18.4. The SMILES string of the molecule is CCCCCCn1cc[n+](C)c1.CCCC[N+](CCCC)(CCCC)CCCC.O=S(=O)([O-])C(F)(F)F.[Cl-]. The van der Waals surface area contributed by atoms with Gasteiger partial charge < -0.3 is 21.4 Å². The second-order valence-electron chi connectivity index (χ2n) is 9.93. The van der Waals surface area contributed by atoms with Crippen LogP contribution in [-0.2, 0) is 23.7 Å². The van der Waals surface area contributed by atoms with Crippen LogP contribution in [0, 0.1) is 0 Å². The Hall–Kier alpha value is -0.840. The molecule has 0 amide bonds. The molecule has 0 aliphatic heterocycles. The van der Waals surface area contributed by atoms with Crippen LogP contribution in [0.4, 0.5) is 13.2 Å². The topological polar surface area (TPSA) is 66.0 Å². The van der Waals surface area contributed by atoms with Crippen LogP contribution in [0.15, 0.2) is 18.7 Å². The van der Waals surface area contributed by atoms with Crippen molar-refractivity contribution in [2.75, 3.05) is 26.2 Å². The molecule has 0 bridgehead atoms. The average Bonchev–Trinajstić information content (AvgIpc) is 3.25. The molecule has 0 spiro atoms. The normalized spacial score (nSPS) is 11.6. The summed E-state index contributed by atoms with van der Waals surface area (Å²) in [7, 11) is -4.03. The zero-order valence-corrected chi connectivity index (χ0v) is 26.3. The minimum absolute atomic E-state index is 0. The highest BCUT2D eigenvalue weighted by Gasteiger charge is 2.36. The minimum atomic E-state index is -6.09. The first kappa shape index (κ1) is 41.6. The molecule has 0 saturated carbocycles. The van der Waals surface area contributed by atoms with Crippen molar-refractivity contribution < 1.29 is 47.6 Å². The quantitative estimate of drug-likeness (QED) is 0.0903. The van der Waals surface area contributed by atoms with E-state index in [1.54, 1.807) is 0 Å². The van der Waals surface area contributed by atoms with Crippen LogP contribution in [-0.4, -0.2) is 53.7 Å². The van der Waals surface area contributed by atoms with Gasteiger partial charge >= 0.3 is 5.51 Å². The number of rotatable bonds is 17. The highest BCUT2D eigenvalue weighted by Crippen LogP contribution is 2.20. The molecule has 1 rings (SSSR count). The summed E-state index contributed by atoms with van der Waals surface area (Å²) in [4.78, 5) is 0. The van der Waals surface area contributed by atoms with E-state index in [9.17, 15) is 13.2 Å². The van der Waals surface area contributed by atoms with Crippen LogP contribution in [0.3, 0.4) is 0 Å². The van der Waals surface area contributed by atoms with Gasteiger partial charge in [-0.25, -0.2) is 17.6 Å². The summed E-state index contributed by atoms with van der Waals surface area (Å²) in [5.41, 5.74) is -5.65. The lowest BCUT2D eigenvalue weighted by molar-refractivity contribution is -0.929. The Labute approximate surface area is 237 Å². The summed E-state index contributed by atoms with van der Waals surface area (Å²) < 4.78 is 64.7. The van der Waals surface area contributed by atoms with Crippen LogP contribution >= 0.6 is 0 Å². The molecule has 1 aromatic heterocycles. The van der Waals surface area contributed by atoms with Crippen LogP contribution in [0.25, 0.3) is 0 Å². The van der Waals surface area contributed by atoms with E-state index in [0.29, 0.717) is 0 Å². The van der Waals surface area contributed by atoms with E-state index in [0.717, 1.165) is 0 Å². The van der Waals surface area contributed by atoms with Crippen molar-refractivity contribution in [3.63, 3.8) is 0 Å². The average molecular weight is 594 g/mol. The molecule has 11 heteroatoms. The van der Waals surface area contributed by atoms with Crippen LogP contribution < -0.4 is 17.0 Å². The molecule has 0 N–H and O–H groups in total. The molecule has 230 valence electrons. The Bertz CT molecular complexity index is 723. The molecule has 1 aromatic rings. The predicted molar refractivity (Wildman–Crippen MR) is 145 cm³/mol. The molecule has 38 heavy (non-hydrogen) atoms. The number of quaternary nitrogens is 1. The lowest BCUT2D eigenvalue weighted by atomic mass is 10.1. The van der Waals surface area contributed by atoms with Crippen molar-refractivity contribution in [1.29, 1.82) is 0 Å². The minimum Gasteiger partial charge on any atom is -1.00 e. The van der Waals surface area contributed by atoms with E-state index in [2.05, 4.69) is 69.5 Å². The number of halogens is 4. The molecule has 0 unspecified atom stereocenters. The zero-order chi connectivity index (χ0) is 28.8. The number of unbranched alkanes of at least 4 members (excludes halogenated alkanes) is 7. The van der Waals surface area contributed by atoms with Crippen molar-refractivity contribution in [3.05, 3.63) is 18.7 Å². The first-order valence-electron chi connectivity index (χ1n) is 14.2. The first-order chi connectivity index (χ1) is 17.3. The second-order valence-corrected chi connectivity index (χ2v) is 11.3. The third-order valence-electron chi connectivity index (χ3n) is 6.32. The van der Waals surface area contributed by atoms with Gasteiger partial charge in [-0.2, -0.15) is 13.2 Å². The standard InChI is InChI=1S/C16H36N.C10H19N2.CHF3O3S.ClH/c1-5-9-13-17(14-10-6-2,15-11-7-3)16-12-8-4;1-3-4-5-6-7-12-9-8-11(2)10-12;2-1(3,4)8(5,6)7;/h5-16H2,1-4H3;8-10H,3-7H2,1-2H3;(H,5,6,7);1H/q2*+1;;/p-2. The van der Waals surface area contributed by atoms with Gasteiger partial charge in [0.05, 0.1) is 39.8 Å². The van der Waals surface area contributed by atoms with E-state index < -0.39 is 15.6 Å². The summed E-state index contributed by atoms with van der Waals surface area (Å²) in [5, 5.41) is 0. The molecule has 0 aliphatic rings. The van der Waals surface area contributed by atoms with Crippen molar-refractivity contribution in [2.45, 2.75) is 124 Å². The maximum Gasteiger partial charge on any atom is 0.485 e. The molecule has 0 aliphatic carbocycles. The smallest absolute Gasteiger partial charge is 0.485 e. The fraction of sp³-hybridized carbons (Fsp3) is 0.889. The van der Waals surface area contributed by atoms with E-state index in [-0.39, 0.29) is 12.4 Å². The van der Waals surface area contributed by atoms with Gasteiger partial charge in [0.1, 0.15) is 12.4 Å². The summed E-state index contributed by atoms with van der Waals surface area (Å²) >= 11 is 0. The monoisotopic (exact) mass is 593 g/mol. The maximum atomic E-state index is 10.7. The lowest BCUT2D eigenvalue weighted by Crippen LogP contribution is -3.00. The molecule has 0 atom stereocenters. The van der Waals surface area contributed by atoms with Gasteiger partial charge in [-0.15, -0.1) is 0 Å². The van der Waals surface area contributed by atoms with Crippen molar-refractivity contribution >= 4 is 10.1 Å². The van der Waals surface area contributed by atoms with E-state index in [1.807, 2.05) is 0 Å². The zero-order valence-electron chi connectivity index (χ0n) is 24.7. The van der Waals surface area contributed by atoms with Gasteiger partial charge in [-0.05, 0) is 38.5 Å². The molecule has 0 saturated heterocycles. The number of imidazole rings is 1. The number of hydrogen-bond acceptors (Lipinski definition) is 3. The van der Waals surface area contributed by atoms with Crippen LogP contribution in [0.1, 0.15) is 112 Å². The Morgan fingerprint density at radius 3 is 1.39 bits per heavy atom. The van der Waals surface area contributed by atoms with Gasteiger partial charge in [-0.3, -0.25) is 0 Å². The fourth-order valence-electron chi connectivity index (χ4n) is 4.00. The third-order valence-corrected chi connectivity index (χ3v) is 6.89. The Morgan fingerprint density at radius 2 is 1.13 bits per heavy atom. The number of hydrogen-bond donors (Lipinski definition) is 0. The molecule has 0 radical (unpaired) electrons. The van der Waals surface area contributed by atoms with Gasteiger partial charge in [0.2, 0.25) is 6.33 Å². The van der Waals surface area contributed by atoms with Gasteiger partial charge in [0, 0.05) is 0 Å². The molecule has 6 nitrogen and oxygen atoms in total. The molecular formula is C27H55ClF3N3O3S. The number of aryl methyl sites for hydroxylation is 2. The van der Waals surface area contributed by atoms with Gasteiger partial charge in [-0.1, -0.05) is 73.1 Å². The Balaban J connectivity index is -0.000000510. The first-order valence-corrected chi connectivity index (χ1v) is 15.6. The Kier molecular flexibility index (Phi) is 26.3. The summed E-state index contributed by atoms with van der Waals surface area (Å²) in [6.07, 6.45) is 22.8. The summed E-state index contributed by atoms with van der Waals surface area (Å²) in [5.74, 6) is 0. The van der Waals surface area contributed by atoms with Crippen molar-refractivity contribution in [3.8, 4) is 0 Å².